The highest BCUT2D eigenvalue weighted by Gasteiger charge is 2.58. The molecule has 2 heterocycles. The van der Waals surface area contributed by atoms with Crippen LogP contribution < -0.4 is 0 Å². The van der Waals surface area contributed by atoms with Gasteiger partial charge in [0, 0.05) is 21.3 Å². The number of hydrogen-bond acceptors (Lipinski definition) is 4. The molecule has 5 nitrogen and oxygen atoms in total. The molecule has 6 heteroatoms. The lowest BCUT2D eigenvalue weighted by Gasteiger charge is -2.47. The molecule has 2 aliphatic rings. The third kappa shape index (κ3) is 4.02. The molecule has 20 heavy (non-hydrogen) atoms. The van der Waals surface area contributed by atoms with Crippen LogP contribution in [0, 0.1) is 0 Å². The first-order valence-electron chi connectivity index (χ1n) is 7.48. The van der Waals surface area contributed by atoms with E-state index in [4.69, 9.17) is 13.6 Å². The van der Waals surface area contributed by atoms with Crippen molar-refractivity contribution >= 4 is 8.56 Å². The zero-order chi connectivity index (χ0) is 15.1. The van der Waals surface area contributed by atoms with Crippen LogP contribution in [0.25, 0.3) is 0 Å². The predicted octanol–water partition coefficient (Wildman–Crippen LogP) is 2.45. The van der Waals surface area contributed by atoms with Crippen LogP contribution in [0.3, 0.4) is 0 Å². The van der Waals surface area contributed by atoms with E-state index in [-0.39, 0.29) is 17.9 Å². The van der Waals surface area contributed by atoms with Crippen molar-refractivity contribution in [1.82, 2.24) is 0 Å². The maximum atomic E-state index is 9.57. The van der Waals surface area contributed by atoms with Gasteiger partial charge in [0.05, 0.1) is 6.61 Å². The summed E-state index contributed by atoms with van der Waals surface area (Å²) in [6.45, 7) is 2.84. The molecule has 2 aliphatic heterocycles. The van der Waals surface area contributed by atoms with Gasteiger partial charge in [0.2, 0.25) is 0 Å². The molecule has 0 bridgehead atoms. The molecule has 0 aromatic rings. The van der Waals surface area contributed by atoms with Crippen LogP contribution in [-0.4, -0.2) is 54.4 Å². The molecule has 0 aromatic heterocycles. The lowest BCUT2D eigenvalue weighted by Crippen LogP contribution is -2.64. The number of ether oxygens (including phenoxy) is 2. The summed E-state index contributed by atoms with van der Waals surface area (Å²) in [5, 5.41) is 9.45. The number of hydrogen-bond donors (Lipinski definition) is 0. The van der Waals surface area contributed by atoms with Gasteiger partial charge in [-0.15, -0.1) is 0 Å². The maximum absolute atomic E-state index is 9.57. The third-order valence-electron chi connectivity index (χ3n) is 4.32. The van der Waals surface area contributed by atoms with Crippen LogP contribution in [0.1, 0.15) is 39.0 Å². The Kier molecular flexibility index (Phi) is 7.64. The highest BCUT2D eigenvalue weighted by atomic mass is 28.4. The Labute approximate surface area is 123 Å². The number of epoxide rings is 1. The van der Waals surface area contributed by atoms with Crippen molar-refractivity contribution in [2.75, 3.05) is 34.5 Å². The van der Waals surface area contributed by atoms with Crippen molar-refractivity contribution in [3.63, 3.8) is 0 Å². The van der Waals surface area contributed by atoms with Crippen molar-refractivity contribution in [2.45, 2.75) is 56.4 Å². The van der Waals surface area contributed by atoms with Crippen molar-refractivity contribution in [3.05, 3.63) is 0 Å². The van der Waals surface area contributed by atoms with E-state index >= 15 is 0 Å². The average molecular weight is 305 g/mol. The SMILES string of the molecule is CCCC1(OC)CCCC[Si]1(OC)OC.[O]CC1CO1. The molecule has 0 N–H and O–H groups in total. The van der Waals surface area contributed by atoms with Crippen molar-refractivity contribution in [3.8, 4) is 0 Å². The molecule has 2 rings (SSSR count). The molecule has 1 radical (unpaired) electrons. The van der Waals surface area contributed by atoms with E-state index in [0.29, 0.717) is 6.61 Å². The first kappa shape index (κ1) is 18.1. The predicted molar refractivity (Wildman–Crippen MR) is 78.4 cm³/mol. The molecule has 119 valence electrons. The number of methoxy groups -OCH3 is 1. The topological polar surface area (TPSA) is 60.1 Å². The summed E-state index contributed by atoms with van der Waals surface area (Å²) in [6.07, 6.45) is 5.78. The molecule has 0 amide bonds. The molecule has 0 aliphatic carbocycles. The van der Waals surface area contributed by atoms with E-state index in [1.165, 1.54) is 12.8 Å². The van der Waals surface area contributed by atoms with Gasteiger partial charge in [0.1, 0.15) is 17.9 Å². The van der Waals surface area contributed by atoms with Crippen LogP contribution in [0.15, 0.2) is 0 Å². The summed E-state index contributed by atoms with van der Waals surface area (Å²) in [5.41, 5.74) is 0. The molecule has 0 saturated carbocycles. The van der Waals surface area contributed by atoms with E-state index < -0.39 is 8.56 Å². The normalized spacial score (nSPS) is 31.4. The van der Waals surface area contributed by atoms with Crippen LogP contribution >= 0.6 is 0 Å². The van der Waals surface area contributed by atoms with Crippen LogP contribution in [0.2, 0.25) is 6.04 Å². The largest absolute Gasteiger partial charge is 0.396 e. The first-order chi connectivity index (χ1) is 9.63. The Bertz CT molecular complexity index is 264. The van der Waals surface area contributed by atoms with Gasteiger partial charge in [-0.3, -0.25) is 0 Å². The van der Waals surface area contributed by atoms with Gasteiger partial charge in [-0.2, -0.15) is 0 Å². The van der Waals surface area contributed by atoms with Crippen molar-refractivity contribution in [2.24, 2.45) is 0 Å². The molecule has 2 fully saturated rings. The Morgan fingerprint density at radius 1 is 1.25 bits per heavy atom. The fourth-order valence-corrected chi connectivity index (χ4v) is 7.08. The molecule has 0 aromatic carbocycles. The van der Waals surface area contributed by atoms with E-state index in [2.05, 4.69) is 11.7 Å². The van der Waals surface area contributed by atoms with Crippen molar-refractivity contribution in [1.29, 1.82) is 0 Å². The minimum atomic E-state index is -2.15. The fourth-order valence-electron chi connectivity index (χ4n) is 3.09. The van der Waals surface area contributed by atoms with Gasteiger partial charge in [0.25, 0.3) is 0 Å². The summed E-state index contributed by atoms with van der Waals surface area (Å²) >= 11 is 0. The molecule has 0 spiro atoms. The Hall–Kier alpha value is 0.0169. The zero-order valence-corrected chi connectivity index (χ0v) is 14.3. The minimum Gasteiger partial charge on any atom is -0.396 e. The molecule has 2 atom stereocenters. The maximum Gasteiger partial charge on any atom is 0.370 e. The summed E-state index contributed by atoms with van der Waals surface area (Å²) in [6, 6.07) is 1.06. The zero-order valence-electron chi connectivity index (χ0n) is 13.3. The van der Waals surface area contributed by atoms with Gasteiger partial charge < -0.3 is 18.3 Å². The van der Waals surface area contributed by atoms with Gasteiger partial charge >= 0.3 is 8.56 Å². The monoisotopic (exact) mass is 305 g/mol. The highest BCUT2D eigenvalue weighted by Crippen LogP contribution is 2.42. The molecular weight excluding hydrogens is 276 g/mol. The van der Waals surface area contributed by atoms with Crippen LogP contribution in [0.5, 0.6) is 0 Å². The highest BCUT2D eigenvalue weighted by molar-refractivity contribution is 6.70. The first-order valence-corrected chi connectivity index (χ1v) is 9.51. The summed E-state index contributed by atoms with van der Waals surface area (Å²) < 4.78 is 21.9. The smallest absolute Gasteiger partial charge is 0.370 e. The van der Waals surface area contributed by atoms with Crippen LogP contribution in [0.4, 0.5) is 0 Å². The summed E-state index contributed by atoms with van der Waals surface area (Å²) in [4.78, 5) is 0. The second-order valence-electron chi connectivity index (χ2n) is 5.44. The molecule has 2 unspecified atom stereocenters. The fraction of sp³-hybridized carbons (Fsp3) is 1.00. The molecular formula is C14H29O5Si. The van der Waals surface area contributed by atoms with Crippen molar-refractivity contribution < 1.29 is 23.4 Å². The van der Waals surface area contributed by atoms with Crippen LogP contribution in [-0.2, 0) is 23.4 Å². The van der Waals surface area contributed by atoms with E-state index in [1.807, 2.05) is 0 Å². The van der Waals surface area contributed by atoms with E-state index in [1.54, 1.807) is 21.3 Å². The van der Waals surface area contributed by atoms with Gasteiger partial charge in [0.15, 0.2) is 0 Å². The Morgan fingerprint density at radius 3 is 2.25 bits per heavy atom. The standard InChI is InChI=1S/C11H24O3Si.C3H5O2/c1-5-8-11(12-2)9-6-7-10-15(11,13-3)14-4;4-1-3-2-5-3/h5-10H2,1-4H3;3H,1-2H2. The van der Waals surface area contributed by atoms with Gasteiger partial charge in [-0.25, -0.2) is 5.11 Å². The second kappa shape index (κ2) is 8.46. The number of rotatable bonds is 6. The lowest BCUT2D eigenvalue weighted by molar-refractivity contribution is -0.0149. The van der Waals surface area contributed by atoms with E-state index in [0.717, 1.165) is 25.3 Å². The Morgan fingerprint density at radius 2 is 1.90 bits per heavy atom. The minimum absolute atomic E-state index is 0.0556. The average Bonchev–Trinajstić information content (AvgIpc) is 3.33. The quantitative estimate of drug-likeness (QED) is 0.558. The third-order valence-corrected chi connectivity index (χ3v) is 8.75. The lowest BCUT2D eigenvalue weighted by atomic mass is 10.1. The Balaban J connectivity index is 0.000000333. The summed E-state index contributed by atoms with van der Waals surface area (Å²) in [7, 11) is 3.22. The van der Waals surface area contributed by atoms with Gasteiger partial charge in [-0.1, -0.05) is 26.2 Å². The molecule has 2 saturated heterocycles. The second-order valence-corrected chi connectivity index (χ2v) is 9.17. The van der Waals surface area contributed by atoms with Gasteiger partial charge in [-0.05, 0) is 18.9 Å². The van der Waals surface area contributed by atoms with E-state index in [9.17, 15) is 5.11 Å². The summed E-state index contributed by atoms with van der Waals surface area (Å²) in [5.74, 6) is 0.